The molecule has 3 heterocycles. The monoisotopic (exact) mass is 662 g/mol. The molecule has 0 spiro atoms. The van der Waals surface area contributed by atoms with Crippen LogP contribution in [0, 0.1) is 0 Å². The van der Waals surface area contributed by atoms with Gasteiger partial charge in [-0.2, -0.15) is 0 Å². The highest BCUT2D eigenvalue weighted by atomic mass is 15.2. The van der Waals surface area contributed by atoms with E-state index in [0.29, 0.717) is 5.95 Å². The van der Waals surface area contributed by atoms with Gasteiger partial charge in [0.25, 0.3) is 0 Å². The van der Waals surface area contributed by atoms with E-state index >= 15 is 0 Å². The highest BCUT2D eigenvalue weighted by molar-refractivity contribution is 6.33. The van der Waals surface area contributed by atoms with Gasteiger partial charge in [0.2, 0.25) is 5.95 Å². The summed E-state index contributed by atoms with van der Waals surface area (Å²) in [6.07, 6.45) is 0. The van der Waals surface area contributed by atoms with Crippen LogP contribution in [0.3, 0.4) is 0 Å². The first-order valence-electron chi connectivity index (χ1n) is 17.7. The zero-order valence-electron chi connectivity index (χ0n) is 28.1. The molecule has 0 fully saturated rings. The number of hydrogen-bond acceptors (Lipinski definition) is 2. The van der Waals surface area contributed by atoms with Crippen LogP contribution in [0.25, 0.3) is 99.3 Å². The van der Waals surface area contributed by atoms with Crippen LogP contribution in [0.5, 0.6) is 0 Å². The van der Waals surface area contributed by atoms with E-state index in [0.717, 1.165) is 38.9 Å². The molecule has 3 aromatic heterocycles. The molecule has 242 valence electrons. The fourth-order valence-electron chi connectivity index (χ4n) is 8.23. The molecule has 0 saturated heterocycles. The fourth-order valence-corrected chi connectivity index (χ4v) is 8.23. The summed E-state index contributed by atoms with van der Waals surface area (Å²) in [4.78, 5) is 10.7. The van der Waals surface area contributed by atoms with Crippen molar-refractivity contribution in [3.05, 3.63) is 182 Å². The van der Waals surface area contributed by atoms with Crippen LogP contribution in [0.4, 0.5) is 0 Å². The number of benzene rings is 8. The van der Waals surface area contributed by atoms with Crippen molar-refractivity contribution in [1.29, 1.82) is 0 Å². The number of fused-ring (bicyclic) bond motifs is 10. The summed E-state index contributed by atoms with van der Waals surface area (Å²) in [5.41, 5.74) is 10.9. The van der Waals surface area contributed by atoms with Crippen molar-refractivity contribution in [3.8, 4) is 34.0 Å². The van der Waals surface area contributed by atoms with E-state index in [9.17, 15) is 0 Å². The van der Waals surface area contributed by atoms with Crippen LogP contribution in [0.2, 0.25) is 0 Å². The minimum atomic E-state index is 0.656. The molecule has 0 radical (unpaired) electrons. The first-order chi connectivity index (χ1) is 25.8. The molecule has 0 amide bonds. The molecule has 0 saturated carbocycles. The molecule has 11 rings (SSSR count). The molecule has 0 unspecified atom stereocenters. The third kappa shape index (κ3) is 4.21. The lowest BCUT2D eigenvalue weighted by Crippen LogP contribution is -2.03. The van der Waals surface area contributed by atoms with E-state index in [1.807, 2.05) is 0 Å². The molecule has 4 nitrogen and oxygen atoms in total. The van der Waals surface area contributed by atoms with Gasteiger partial charge in [0.05, 0.1) is 33.3 Å². The molecule has 0 bridgehead atoms. The van der Waals surface area contributed by atoms with Crippen LogP contribution < -0.4 is 0 Å². The second-order valence-electron chi connectivity index (χ2n) is 13.4. The number of aromatic nitrogens is 4. The summed E-state index contributed by atoms with van der Waals surface area (Å²) in [6.45, 7) is 0. The van der Waals surface area contributed by atoms with Gasteiger partial charge in [-0.1, -0.05) is 140 Å². The average molecular weight is 663 g/mol. The molecule has 0 aliphatic carbocycles. The topological polar surface area (TPSA) is 35.6 Å². The normalized spacial score (nSPS) is 11.8. The summed E-state index contributed by atoms with van der Waals surface area (Å²) in [7, 11) is 0. The molecule has 0 aliphatic heterocycles. The Morgan fingerprint density at radius 1 is 0.327 bits per heavy atom. The van der Waals surface area contributed by atoms with Gasteiger partial charge in [-0.3, -0.25) is 4.57 Å². The van der Waals surface area contributed by atoms with Gasteiger partial charge in [-0.15, -0.1) is 0 Å². The Morgan fingerprint density at radius 3 is 1.69 bits per heavy atom. The van der Waals surface area contributed by atoms with E-state index in [2.05, 4.69) is 191 Å². The van der Waals surface area contributed by atoms with E-state index in [4.69, 9.17) is 9.97 Å². The van der Waals surface area contributed by atoms with E-state index in [1.165, 1.54) is 54.5 Å². The summed E-state index contributed by atoms with van der Waals surface area (Å²) in [5.74, 6) is 0.656. The van der Waals surface area contributed by atoms with Crippen LogP contribution in [-0.4, -0.2) is 19.1 Å². The van der Waals surface area contributed by atoms with Gasteiger partial charge in [-0.05, 0) is 64.4 Å². The van der Waals surface area contributed by atoms with Crippen LogP contribution >= 0.6 is 0 Å². The van der Waals surface area contributed by atoms with Crippen LogP contribution in [0.1, 0.15) is 0 Å². The zero-order valence-corrected chi connectivity index (χ0v) is 28.1. The summed E-state index contributed by atoms with van der Waals surface area (Å²) >= 11 is 0. The summed E-state index contributed by atoms with van der Waals surface area (Å²) < 4.78 is 4.67. The molecular weight excluding hydrogens is 633 g/mol. The lowest BCUT2D eigenvalue weighted by Gasteiger charge is -2.12. The second kappa shape index (κ2) is 11.2. The first-order valence-corrected chi connectivity index (χ1v) is 17.7. The zero-order chi connectivity index (χ0) is 34.2. The van der Waals surface area contributed by atoms with Crippen molar-refractivity contribution < 1.29 is 0 Å². The van der Waals surface area contributed by atoms with Crippen LogP contribution in [0.15, 0.2) is 182 Å². The molecular formula is C48H30N4. The standard InChI is InChI=1S/C48H30N4/c1-3-13-31(14-4-1)32-23-25-34(26-24-32)47-37-19-9-11-21-39(37)49-48(50-47)52-40-22-12-10-20-38(40)45-42(52)29-30-43-46(45)44-36-18-8-7-15-33(36)27-28-41(44)51(43)35-16-5-2-6-17-35/h1-30H. The Balaban J connectivity index is 1.23. The van der Waals surface area contributed by atoms with Crippen molar-refractivity contribution >= 4 is 65.3 Å². The lowest BCUT2D eigenvalue weighted by molar-refractivity contribution is 1.01. The van der Waals surface area contributed by atoms with Crippen molar-refractivity contribution in [2.24, 2.45) is 0 Å². The predicted octanol–water partition coefficient (Wildman–Crippen LogP) is 12.3. The third-order valence-corrected chi connectivity index (χ3v) is 10.5. The van der Waals surface area contributed by atoms with Gasteiger partial charge in [0, 0.05) is 38.2 Å². The highest BCUT2D eigenvalue weighted by Crippen LogP contribution is 2.44. The van der Waals surface area contributed by atoms with Gasteiger partial charge in [-0.25, -0.2) is 9.97 Å². The summed E-state index contributed by atoms with van der Waals surface area (Å²) in [5, 5.41) is 8.36. The highest BCUT2D eigenvalue weighted by Gasteiger charge is 2.23. The minimum absolute atomic E-state index is 0.656. The Morgan fingerprint density at radius 2 is 0.885 bits per heavy atom. The molecule has 11 aromatic rings. The molecule has 0 atom stereocenters. The second-order valence-corrected chi connectivity index (χ2v) is 13.4. The lowest BCUT2D eigenvalue weighted by atomic mass is 10.0. The Labute approximate surface area is 299 Å². The molecule has 52 heavy (non-hydrogen) atoms. The average Bonchev–Trinajstić information content (AvgIpc) is 3.74. The Bertz CT molecular complexity index is 3160. The number of rotatable bonds is 4. The van der Waals surface area contributed by atoms with Crippen molar-refractivity contribution in [1.82, 2.24) is 19.1 Å². The summed E-state index contributed by atoms with van der Waals surface area (Å²) in [6, 6.07) is 64.7. The SMILES string of the molecule is c1ccc(-c2ccc(-c3nc(-n4c5ccccc5c5c6c7c8ccccc8ccc7n(-c7ccccc7)c6ccc54)nc4ccccc34)cc2)cc1. The number of hydrogen-bond donors (Lipinski definition) is 0. The molecule has 0 N–H and O–H groups in total. The van der Waals surface area contributed by atoms with E-state index < -0.39 is 0 Å². The van der Waals surface area contributed by atoms with Gasteiger partial charge in [0.1, 0.15) is 0 Å². The number of para-hydroxylation sites is 3. The van der Waals surface area contributed by atoms with E-state index in [-0.39, 0.29) is 0 Å². The van der Waals surface area contributed by atoms with Crippen molar-refractivity contribution in [2.45, 2.75) is 0 Å². The van der Waals surface area contributed by atoms with Crippen molar-refractivity contribution in [2.75, 3.05) is 0 Å². The third-order valence-electron chi connectivity index (χ3n) is 10.5. The fraction of sp³-hybridized carbons (Fsp3) is 0. The first kappa shape index (κ1) is 28.8. The van der Waals surface area contributed by atoms with Gasteiger partial charge < -0.3 is 4.57 Å². The Kier molecular flexibility index (Phi) is 6.22. The van der Waals surface area contributed by atoms with Crippen LogP contribution in [-0.2, 0) is 0 Å². The maximum atomic E-state index is 5.41. The van der Waals surface area contributed by atoms with E-state index in [1.54, 1.807) is 0 Å². The van der Waals surface area contributed by atoms with Gasteiger partial charge >= 0.3 is 0 Å². The molecule has 8 aromatic carbocycles. The van der Waals surface area contributed by atoms with Gasteiger partial charge in [0.15, 0.2) is 0 Å². The molecule has 4 heteroatoms. The largest absolute Gasteiger partial charge is 0.309 e. The minimum Gasteiger partial charge on any atom is -0.309 e. The quantitative estimate of drug-likeness (QED) is 0.188. The maximum Gasteiger partial charge on any atom is 0.235 e. The smallest absolute Gasteiger partial charge is 0.235 e. The maximum absolute atomic E-state index is 5.41. The Hall–Kier alpha value is -7.04. The molecule has 0 aliphatic rings. The number of nitrogens with zero attached hydrogens (tertiary/aromatic N) is 4. The predicted molar refractivity (Wildman–Crippen MR) is 217 cm³/mol. The van der Waals surface area contributed by atoms with Crippen molar-refractivity contribution in [3.63, 3.8) is 0 Å².